The van der Waals surface area contributed by atoms with Crippen LogP contribution >= 0.6 is 0 Å². The van der Waals surface area contributed by atoms with Crippen molar-refractivity contribution in [3.8, 4) is 5.75 Å². The molecule has 2 saturated heterocycles. The lowest BCUT2D eigenvalue weighted by Crippen LogP contribution is -2.52. The van der Waals surface area contributed by atoms with Gasteiger partial charge in [-0.1, -0.05) is 24.3 Å². The maximum Gasteiger partial charge on any atom is 0.255 e. The number of nitrogens with zero attached hydrogens (tertiary/aromatic N) is 2. The van der Waals surface area contributed by atoms with Crippen molar-refractivity contribution in [3.05, 3.63) is 65.5 Å². The van der Waals surface area contributed by atoms with Gasteiger partial charge in [0.05, 0.1) is 12.1 Å². The van der Waals surface area contributed by atoms with Crippen molar-refractivity contribution in [1.82, 2.24) is 20.4 Å². The molecule has 2 atom stereocenters. The van der Waals surface area contributed by atoms with Crippen LogP contribution in [-0.4, -0.2) is 92.0 Å². The van der Waals surface area contributed by atoms with E-state index in [0.717, 1.165) is 5.56 Å². The normalized spacial score (nSPS) is 23.3. The number of carbonyl (C=O) groups excluding carboxylic acids is 4. The van der Waals surface area contributed by atoms with Crippen LogP contribution in [0.1, 0.15) is 54.4 Å². The van der Waals surface area contributed by atoms with Gasteiger partial charge in [-0.25, -0.2) is 4.39 Å². The molecule has 0 aliphatic carbocycles. The average Bonchev–Trinajstić information content (AvgIpc) is 3.52. The number of hydrogen-bond donors (Lipinski definition) is 2. The summed E-state index contributed by atoms with van der Waals surface area (Å²) in [6.07, 6.45) is 2.50. The first kappa shape index (κ1) is 30.5. The molecule has 2 N–H and O–H groups in total. The third-order valence-corrected chi connectivity index (χ3v) is 8.81. The fraction of sp³-hybridized carbons (Fsp3) is 0.500. The number of fused-ring (bicyclic) bond motifs is 2. The number of benzene rings is 2. The van der Waals surface area contributed by atoms with Gasteiger partial charge in [0.1, 0.15) is 30.3 Å². The van der Waals surface area contributed by atoms with Gasteiger partial charge in [-0.3, -0.25) is 19.2 Å². The molecular formula is C32H39FN4O6. The Kier molecular flexibility index (Phi) is 9.59. The zero-order chi connectivity index (χ0) is 30.4. The van der Waals surface area contributed by atoms with E-state index >= 15 is 0 Å². The quantitative estimate of drug-likeness (QED) is 0.562. The maximum absolute atomic E-state index is 14.2. The molecule has 4 amide bonds. The molecule has 2 aromatic carbocycles. The Morgan fingerprint density at radius 1 is 1.05 bits per heavy atom. The van der Waals surface area contributed by atoms with Crippen LogP contribution in [0, 0.1) is 5.82 Å². The minimum absolute atomic E-state index is 0.0209. The summed E-state index contributed by atoms with van der Waals surface area (Å²) in [5.74, 6) is -1.36. The lowest BCUT2D eigenvalue weighted by atomic mass is 9.74. The fourth-order valence-electron chi connectivity index (χ4n) is 6.20. The molecular weight excluding hydrogens is 555 g/mol. The summed E-state index contributed by atoms with van der Waals surface area (Å²) in [6.45, 7) is 2.07. The highest BCUT2D eigenvalue weighted by Gasteiger charge is 2.38. The number of nitrogens with one attached hydrogen (secondary N) is 2. The smallest absolute Gasteiger partial charge is 0.255 e. The van der Waals surface area contributed by atoms with Gasteiger partial charge < -0.3 is 29.9 Å². The lowest BCUT2D eigenvalue weighted by molar-refractivity contribution is -0.143. The number of ether oxygens (including phenoxy) is 2. The zero-order valence-electron chi connectivity index (χ0n) is 24.5. The van der Waals surface area contributed by atoms with Crippen LogP contribution in [0.5, 0.6) is 5.75 Å². The molecule has 43 heavy (non-hydrogen) atoms. The second-order valence-electron chi connectivity index (χ2n) is 11.5. The van der Waals surface area contributed by atoms with Gasteiger partial charge in [-0.2, -0.15) is 0 Å². The first-order valence-corrected chi connectivity index (χ1v) is 15.0. The van der Waals surface area contributed by atoms with Crippen LogP contribution in [0.15, 0.2) is 48.5 Å². The minimum atomic E-state index is -1.03. The van der Waals surface area contributed by atoms with Gasteiger partial charge in [0.15, 0.2) is 0 Å². The Hall–Kier alpha value is -3.99. The van der Waals surface area contributed by atoms with Crippen molar-refractivity contribution in [2.24, 2.45) is 0 Å². The highest BCUT2D eigenvalue weighted by atomic mass is 19.1. The van der Waals surface area contributed by atoms with Crippen molar-refractivity contribution in [2.45, 2.75) is 56.0 Å². The van der Waals surface area contributed by atoms with Crippen molar-refractivity contribution >= 4 is 23.6 Å². The third-order valence-electron chi connectivity index (χ3n) is 8.81. The average molecular weight is 595 g/mol. The predicted octanol–water partition coefficient (Wildman–Crippen LogP) is 2.41. The summed E-state index contributed by atoms with van der Waals surface area (Å²) in [5, 5.41) is 5.82. The van der Waals surface area contributed by atoms with Gasteiger partial charge in [0.2, 0.25) is 17.7 Å². The Bertz CT molecular complexity index is 1350. The monoisotopic (exact) mass is 594 g/mol. The Balaban J connectivity index is 1.38. The van der Waals surface area contributed by atoms with E-state index in [0.29, 0.717) is 51.2 Å². The Labute approximate surface area is 250 Å². The molecule has 0 radical (unpaired) electrons. The van der Waals surface area contributed by atoms with Crippen molar-refractivity contribution in [2.75, 3.05) is 46.5 Å². The topological polar surface area (TPSA) is 117 Å². The van der Waals surface area contributed by atoms with E-state index in [1.807, 2.05) is 6.07 Å². The van der Waals surface area contributed by atoms with Crippen LogP contribution in [0.4, 0.5) is 4.39 Å². The number of halogens is 1. The largest absolute Gasteiger partial charge is 0.491 e. The predicted molar refractivity (Wildman–Crippen MR) is 156 cm³/mol. The summed E-state index contributed by atoms with van der Waals surface area (Å²) in [6, 6.07) is 11.5. The summed E-state index contributed by atoms with van der Waals surface area (Å²) in [4.78, 5) is 56.9. The molecule has 2 aromatic rings. The molecule has 11 heteroatoms. The summed E-state index contributed by atoms with van der Waals surface area (Å²) in [7, 11) is 1.68. The molecule has 230 valence electrons. The van der Waals surface area contributed by atoms with E-state index in [4.69, 9.17) is 9.47 Å². The highest BCUT2D eigenvalue weighted by molar-refractivity contribution is 6.00. The molecule has 3 aliphatic heterocycles. The summed E-state index contributed by atoms with van der Waals surface area (Å²) >= 11 is 0. The molecule has 2 fully saturated rings. The number of carbonyl (C=O) groups is 4. The molecule has 3 aliphatic rings. The number of amides is 4. The maximum atomic E-state index is 14.2. The van der Waals surface area contributed by atoms with Gasteiger partial charge in [-0.15, -0.1) is 0 Å². The van der Waals surface area contributed by atoms with E-state index < -0.39 is 29.3 Å². The fourth-order valence-corrected chi connectivity index (χ4v) is 6.20. The number of para-hydroxylation sites is 1. The van der Waals surface area contributed by atoms with Crippen molar-refractivity contribution in [3.63, 3.8) is 0 Å². The van der Waals surface area contributed by atoms with Crippen LogP contribution in [0.25, 0.3) is 0 Å². The molecule has 10 nitrogen and oxygen atoms in total. The molecule has 0 unspecified atom stereocenters. The molecule has 3 heterocycles. The van der Waals surface area contributed by atoms with Gasteiger partial charge >= 0.3 is 0 Å². The van der Waals surface area contributed by atoms with Crippen molar-refractivity contribution in [1.29, 1.82) is 0 Å². The van der Waals surface area contributed by atoms with E-state index in [2.05, 4.69) is 10.6 Å². The number of hydrogen-bond acceptors (Lipinski definition) is 6. The SMILES string of the molecule is CN1CCOc2ccccc2C(=O)N[C@H](C(=O)NCC2(c3cccc(F)c3)CCOCC2)CCC(=O)N2CCC[C@H]2C1=O. The summed E-state index contributed by atoms with van der Waals surface area (Å²) < 4.78 is 25.7. The molecule has 0 saturated carbocycles. The van der Waals surface area contributed by atoms with Gasteiger partial charge in [-0.05, 0) is 61.9 Å². The second kappa shape index (κ2) is 13.5. The van der Waals surface area contributed by atoms with Gasteiger partial charge in [0.25, 0.3) is 5.91 Å². The Morgan fingerprint density at radius 3 is 2.63 bits per heavy atom. The van der Waals surface area contributed by atoms with Gasteiger partial charge in [0, 0.05) is 45.2 Å². The third kappa shape index (κ3) is 6.98. The van der Waals surface area contributed by atoms with E-state index in [-0.39, 0.29) is 55.7 Å². The second-order valence-corrected chi connectivity index (χ2v) is 11.5. The molecule has 0 spiro atoms. The minimum Gasteiger partial charge on any atom is -0.491 e. The first-order chi connectivity index (χ1) is 20.8. The molecule has 5 rings (SSSR count). The van der Waals surface area contributed by atoms with Crippen LogP contribution < -0.4 is 15.4 Å². The standard InChI is InChI=1S/C32H39FN4O6/c1-36-16-19-43-27-10-3-2-8-24(27)29(39)35-25(11-12-28(38)37-15-5-9-26(37)31(36)41)30(40)34-21-32(13-17-42-18-14-32)22-6-4-7-23(33)20-22/h2-4,6-8,10,20,25-26H,5,9,11-19,21H2,1H3,(H,34,40)(H,35,39)/t25-,26-/m0/s1. The molecule has 0 aromatic heterocycles. The van der Waals surface area contributed by atoms with Crippen molar-refractivity contribution < 1.29 is 33.0 Å². The van der Waals surface area contributed by atoms with E-state index in [9.17, 15) is 23.6 Å². The van der Waals surface area contributed by atoms with Crippen LogP contribution in [-0.2, 0) is 24.5 Å². The number of rotatable bonds is 4. The van der Waals surface area contributed by atoms with E-state index in [1.54, 1.807) is 47.2 Å². The summed E-state index contributed by atoms with van der Waals surface area (Å²) in [5.41, 5.74) is 0.487. The van der Waals surface area contributed by atoms with Crippen LogP contribution in [0.3, 0.4) is 0 Å². The lowest BCUT2D eigenvalue weighted by Gasteiger charge is -2.38. The first-order valence-electron chi connectivity index (χ1n) is 15.0. The van der Waals surface area contributed by atoms with Crippen LogP contribution in [0.2, 0.25) is 0 Å². The molecule has 0 bridgehead atoms. The van der Waals surface area contributed by atoms with E-state index in [1.165, 1.54) is 12.1 Å². The zero-order valence-corrected chi connectivity index (χ0v) is 24.5. The highest BCUT2D eigenvalue weighted by Crippen LogP contribution is 2.34. The number of likely N-dealkylation sites (N-methyl/N-ethyl adjacent to an activating group) is 1. The Morgan fingerprint density at radius 2 is 1.84 bits per heavy atom.